The molecule has 50 heavy (non-hydrogen) atoms. The molecular formula is C50H42. The highest BCUT2D eigenvalue weighted by Crippen LogP contribution is 2.46. The van der Waals surface area contributed by atoms with Gasteiger partial charge in [-0.2, -0.15) is 0 Å². The molecule has 0 heteroatoms. The molecule has 0 N–H and O–H groups in total. The Bertz CT molecular complexity index is 2440. The lowest BCUT2D eigenvalue weighted by Crippen LogP contribution is -1.97. The van der Waals surface area contributed by atoms with Gasteiger partial charge in [0.15, 0.2) is 0 Å². The monoisotopic (exact) mass is 642 g/mol. The van der Waals surface area contributed by atoms with Crippen LogP contribution in [0.2, 0.25) is 0 Å². The van der Waals surface area contributed by atoms with E-state index in [1.54, 1.807) is 0 Å². The van der Waals surface area contributed by atoms with Gasteiger partial charge in [0.2, 0.25) is 0 Å². The molecule has 0 nitrogen and oxygen atoms in total. The summed E-state index contributed by atoms with van der Waals surface area (Å²) in [5.41, 5.74) is 13.3. The van der Waals surface area contributed by atoms with Gasteiger partial charge in [-0.25, -0.2) is 0 Å². The van der Waals surface area contributed by atoms with Crippen LogP contribution in [0.1, 0.15) is 44.4 Å². The number of fused-ring (bicyclic) bond motifs is 3. The lowest BCUT2D eigenvalue weighted by atomic mass is 9.81. The largest absolute Gasteiger partial charge is 0.0961 e. The lowest BCUT2D eigenvalue weighted by Gasteiger charge is -2.22. The van der Waals surface area contributed by atoms with Gasteiger partial charge in [-0.1, -0.05) is 188 Å². The van der Waals surface area contributed by atoms with Crippen LogP contribution in [0.3, 0.4) is 0 Å². The minimum Gasteiger partial charge on any atom is -0.0961 e. The van der Waals surface area contributed by atoms with Crippen LogP contribution in [0.4, 0.5) is 0 Å². The van der Waals surface area contributed by atoms with E-state index in [-0.39, 0.29) is 0 Å². The number of benzene rings is 7. The van der Waals surface area contributed by atoms with Crippen LogP contribution < -0.4 is 0 Å². The standard InChI is InChI=1S/C50H42/c1-6-16-40(35(4)5)48(33-34(2)3)50-45-23-14-12-21-43(45)49(44-22-13-15-24-46(44)50)47-32-31-39(41-19-10-11-20-42(41)47)30-27-36-25-28-38(29-26-36)37-17-8-7-9-18-37/h6-33H,2H2,1,3-5H3. The summed E-state index contributed by atoms with van der Waals surface area (Å²) >= 11 is 0. The molecule has 0 heterocycles. The summed E-state index contributed by atoms with van der Waals surface area (Å²) in [4.78, 5) is 0. The summed E-state index contributed by atoms with van der Waals surface area (Å²) in [7, 11) is 0. The van der Waals surface area contributed by atoms with E-state index in [1.807, 2.05) is 0 Å². The second-order valence-electron chi connectivity index (χ2n) is 13.2. The predicted molar refractivity (Wildman–Crippen MR) is 221 cm³/mol. The maximum Gasteiger partial charge on any atom is -0.00201 e. The third kappa shape index (κ3) is 6.29. The van der Waals surface area contributed by atoms with Gasteiger partial charge in [-0.15, -0.1) is 0 Å². The first kappa shape index (κ1) is 32.6. The van der Waals surface area contributed by atoms with Crippen molar-refractivity contribution >= 4 is 50.0 Å². The molecule has 0 aromatic heterocycles. The van der Waals surface area contributed by atoms with Crippen molar-refractivity contribution in [2.24, 2.45) is 0 Å². The van der Waals surface area contributed by atoms with Crippen molar-refractivity contribution < 1.29 is 0 Å². The first-order valence-corrected chi connectivity index (χ1v) is 17.4. The molecule has 0 saturated carbocycles. The zero-order chi connectivity index (χ0) is 34.6. The van der Waals surface area contributed by atoms with Crippen molar-refractivity contribution in [3.63, 3.8) is 0 Å². The smallest absolute Gasteiger partial charge is 0.00201 e. The molecule has 0 unspecified atom stereocenters. The van der Waals surface area contributed by atoms with E-state index in [2.05, 4.69) is 204 Å². The molecule has 0 atom stereocenters. The van der Waals surface area contributed by atoms with Gasteiger partial charge in [0, 0.05) is 0 Å². The molecule has 242 valence electrons. The molecule has 0 aliphatic heterocycles. The lowest BCUT2D eigenvalue weighted by molar-refractivity contribution is 1.34. The summed E-state index contributed by atoms with van der Waals surface area (Å²) in [6.45, 7) is 12.9. The van der Waals surface area contributed by atoms with Crippen LogP contribution >= 0.6 is 0 Å². The second-order valence-corrected chi connectivity index (χ2v) is 13.2. The zero-order valence-electron chi connectivity index (χ0n) is 29.4. The van der Waals surface area contributed by atoms with E-state index in [0.717, 1.165) is 5.57 Å². The summed E-state index contributed by atoms with van der Waals surface area (Å²) in [6, 6.07) is 50.6. The second kappa shape index (κ2) is 14.2. The molecule has 7 rings (SSSR count). The molecule has 7 aromatic rings. The first-order valence-electron chi connectivity index (χ1n) is 17.4. The highest BCUT2D eigenvalue weighted by atomic mass is 14.2. The average molecular weight is 643 g/mol. The van der Waals surface area contributed by atoms with Gasteiger partial charge in [-0.05, 0) is 110 Å². The van der Waals surface area contributed by atoms with Crippen LogP contribution in [0, 0.1) is 0 Å². The molecule has 0 spiro atoms. The first-order chi connectivity index (χ1) is 24.4. The highest BCUT2D eigenvalue weighted by Gasteiger charge is 2.20. The minimum atomic E-state index is 1.03. The third-order valence-corrected chi connectivity index (χ3v) is 9.45. The minimum absolute atomic E-state index is 1.03. The topological polar surface area (TPSA) is 0 Å². The number of hydrogen-bond acceptors (Lipinski definition) is 0. The SMILES string of the molecule is C=C(C)C=C(C(C=CC)=C(C)C)c1c2ccccc2c(-c2ccc(C=Cc3ccc(-c4ccccc4)cc3)c3ccccc23)c2ccccc12. The van der Waals surface area contributed by atoms with Crippen LogP contribution in [0.5, 0.6) is 0 Å². The van der Waals surface area contributed by atoms with Gasteiger partial charge in [0.1, 0.15) is 0 Å². The van der Waals surface area contributed by atoms with E-state index in [4.69, 9.17) is 0 Å². The fourth-order valence-electron chi connectivity index (χ4n) is 7.22. The fraction of sp³-hybridized carbons (Fsp3) is 0.0800. The van der Waals surface area contributed by atoms with Crippen LogP contribution in [-0.2, 0) is 0 Å². The molecule has 0 radical (unpaired) electrons. The highest BCUT2D eigenvalue weighted by molar-refractivity contribution is 6.22. The number of rotatable bonds is 8. The van der Waals surface area contributed by atoms with E-state index >= 15 is 0 Å². The Kier molecular flexibility index (Phi) is 9.28. The summed E-state index contributed by atoms with van der Waals surface area (Å²) in [6.07, 6.45) is 11.1. The van der Waals surface area contributed by atoms with Crippen molar-refractivity contribution in [1.29, 1.82) is 0 Å². The molecule has 0 aliphatic rings. The number of allylic oxidation sites excluding steroid dienone is 7. The van der Waals surface area contributed by atoms with Crippen LogP contribution in [-0.4, -0.2) is 0 Å². The molecule has 0 amide bonds. The van der Waals surface area contributed by atoms with Gasteiger partial charge in [0.25, 0.3) is 0 Å². The van der Waals surface area contributed by atoms with Gasteiger partial charge in [0.05, 0.1) is 0 Å². The molecule has 0 bridgehead atoms. The molecule has 7 aromatic carbocycles. The summed E-state index contributed by atoms with van der Waals surface area (Å²) in [5, 5.41) is 7.45. The Morgan fingerprint density at radius 3 is 1.64 bits per heavy atom. The van der Waals surface area contributed by atoms with Crippen molar-refractivity contribution in [2.75, 3.05) is 0 Å². The maximum atomic E-state index is 4.31. The predicted octanol–water partition coefficient (Wildman–Crippen LogP) is 14.5. The maximum absolute atomic E-state index is 4.31. The third-order valence-electron chi connectivity index (χ3n) is 9.45. The molecular weight excluding hydrogens is 601 g/mol. The van der Waals surface area contributed by atoms with Crippen molar-refractivity contribution in [3.8, 4) is 22.3 Å². The molecule has 0 saturated heterocycles. The average Bonchev–Trinajstić information content (AvgIpc) is 3.15. The van der Waals surface area contributed by atoms with E-state index in [9.17, 15) is 0 Å². The van der Waals surface area contributed by atoms with Crippen molar-refractivity contribution in [3.05, 3.63) is 198 Å². The van der Waals surface area contributed by atoms with E-state index < -0.39 is 0 Å². The van der Waals surface area contributed by atoms with Crippen LogP contribution in [0.15, 0.2) is 181 Å². The summed E-state index contributed by atoms with van der Waals surface area (Å²) < 4.78 is 0. The van der Waals surface area contributed by atoms with Crippen molar-refractivity contribution in [1.82, 2.24) is 0 Å². The van der Waals surface area contributed by atoms with E-state index in [1.165, 1.54) is 88.0 Å². The normalized spacial score (nSPS) is 12.0. The van der Waals surface area contributed by atoms with Gasteiger partial charge >= 0.3 is 0 Å². The Balaban J connectivity index is 1.42. The Labute approximate surface area is 296 Å². The quantitative estimate of drug-likeness (QED) is 0.0879. The number of hydrogen-bond donors (Lipinski definition) is 0. The molecule has 0 fully saturated rings. The van der Waals surface area contributed by atoms with Crippen LogP contribution in [0.25, 0.3) is 72.3 Å². The summed E-state index contributed by atoms with van der Waals surface area (Å²) in [5.74, 6) is 0. The van der Waals surface area contributed by atoms with Gasteiger partial charge < -0.3 is 0 Å². The zero-order valence-corrected chi connectivity index (χ0v) is 29.4. The Hall–Kier alpha value is -5.98. The van der Waals surface area contributed by atoms with Crippen molar-refractivity contribution in [2.45, 2.75) is 27.7 Å². The van der Waals surface area contributed by atoms with Gasteiger partial charge in [-0.3, -0.25) is 0 Å². The van der Waals surface area contributed by atoms with E-state index in [0.29, 0.717) is 0 Å². The molecule has 0 aliphatic carbocycles. The fourth-order valence-corrected chi connectivity index (χ4v) is 7.22. The Morgan fingerprint density at radius 1 is 0.520 bits per heavy atom. The Morgan fingerprint density at radius 2 is 1.06 bits per heavy atom.